The molecule has 1 nitrogen and oxygen atoms in total. The van der Waals surface area contributed by atoms with E-state index in [0.29, 0.717) is 6.04 Å². The summed E-state index contributed by atoms with van der Waals surface area (Å²) in [5.41, 5.74) is 1.55. The van der Waals surface area contributed by atoms with Gasteiger partial charge in [0.1, 0.15) is 0 Å². The largest absolute Gasteiger partial charge is 0.311 e. The number of nitrogens with one attached hydrogen (secondary N) is 1. The van der Waals surface area contributed by atoms with Crippen LogP contribution in [0, 0.1) is 0 Å². The minimum Gasteiger partial charge on any atom is -0.311 e. The Morgan fingerprint density at radius 3 is 2.10 bits per heavy atom. The average Bonchev–Trinajstić information content (AvgIpc) is 2.77. The van der Waals surface area contributed by atoms with Gasteiger partial charge in [0.05, 0.1) is 0 Å². The van der Waals surface area contributed by atoms with Crippen LogP contribution in [0.2, 0.25) is 0 Å². The first-order valence-electron chi connectivity index (χ1n) is 8.74. The van der Waals surface area contributed by atoms with Crippen LogP contribution in [0.1, 0.15) is 75.7 Å². The molecule has 2 unspecified atom stereocenters. The summed E-state index contributed by atoms with van der Waals surface area (Å²) >= 11 is 0. The first-order chi connectivity index (χ1) is 9.93. The lowest BCUT2D eigenvalue weighted by atomic mass is 9.79. The maximum absolute atomic E-state index is 4.05. The number of hydrogen-bond donors (Lipinski definition) is 1. The van der Waals surface area contributed by atoms with Gasteiger partial charge in [0.25, 0.3) is 0 Å². The number of benzene rings is 1. The van der Waals surface area contributed by atoms with Gasteiger partial charge in [-0.25, -0.2) is 0 Å². The van der Waals surface area contributed by atoms with E-state index in [4.69, 9.17) is 0 Å². The molecule has 2 aliphatic carbocycles. The lowest BCUT2D eigenvalue weighted by Crippen LogP contribution is -2.43. The van der Waals surface area contributed by atoms with E-state index < -0.39 is 0 Å². The Hall–Kier alpha value is -0.820. The minimum absolute atomic E-state index is 0.717. The van der Waals surface area contributed by atoms with Crippen LogP contribution in [0.3, 0.4) is 0 Å². The molecular formula is C19H29N. The van der Waals surface area contributed by atoms with E-state index in [1.165, 1.54) is 64.2 Å². The molecule has 0 amide bonds. The van der Waals surface area contributed by atoms with Gasteiger partial charge in [-0.05, 0) is 37.2 Å². The van der Waals surface area contributed by atoms with Crippen LogP contribution in [0.15, 0.2) is 30.3 Å². The van der Waals surface area contributed by atoms with Gasteiger partial charge in [-0.15, -0.1) is 0 Å². The average molecular weight is 271 g/mol. The monoisotopic (exact) mass is 271 g/mol. The van der Waals surface area contributed by atoms with Crippen LogP contribution in [0.5, 0.6) is 0 Å². The van der Waals surface area contributed by atoms with Crippen molar-refractivity contribution in [3.8, 4) is 0 Å². The van der Waals surface area contributed by atoms with Crippen molar-refractivity contribution in [1.82, 2.24) is 5.32 Å². The lowest BCUT2D eigenvalue weighted by Gasteiger charge is -2.35. The van der Waals surface area contributed by atoms with Gasteiger partial charge in [0.2, 0.25) is 0 Å². The summed E-state index contributed by atoms with van der Waals surface area (Å²) < 4.78 is 0. The second-order valence-corrected chi connectivity index (χ2v) is 6.76. The molecule has 1 aromatic rings. The normalized spacial score (nSPS) is 29.0. The smallest absolute Gasteiger partial charge is 0.0138 e. The molecule has 2 atom stereocenters. The fourth-order valence-electron chi connectivity index (χ4n) is 4.18. The summed E-state index contributed by atoms with van der Waals surface area (Å²) in [4.78, 5) is 0. The van der Waals surface area contributed by atoms with Crippen molar-refractivity contribution in [1.29, 1.82) is 0 Å². The molecule has 0 heterocycles. The molecule has 0 saturated heterocycles. The Bertz CT molecular complexity index is 378. The molecule has 1 heteroatoms. The zero-order valence-corrected chi connectivity index (χ0v) is 12.7. The maximum Gasteiger partial charge on any atom is 0.0138 e. The van der Waals surface area contributed by atoms with Crippen molar-refractivity contribution in [2.45, 2.75) is 82.2 Å². The molecule has 0 spiro atoms. The van der Waals surface area contributed by atoms with Crippen molar-refractivity contribution in [2.75, 3.05) is 0 Å². The highest BCUT2D eigenvalue weighted by Crippen LogP contribution is 2.34. The summed E-state index contributed by atoms with van der Waals surface area (Å²) in [6, 6.07) is 12.7. The third-order valence-electron chi connectivity index (χ3n) is 5.30. The second kappa shape index (κ2) is 7.26. The van der Waals surface area contributed by atoms with Gasteiger partial charge >= 0.3 is 0 Å². The fraction of sp³-hybridized carbons (Fsp3) is 0.684. The third kappa shape index (κ3) is 3.63. The number of rotatable bonds is 3. The second-order valence-electron chi connectivity index (χ2n) is 6.76. The van der Waals surface area contributed by atoms with E-state index in [0.717, 1.165) is 12.0 Å². The summed E-state index contributed by atoms with van der Waals surface area (Å²) in [5.74, 6) is 0.744. The molecule has 110 valence electrons. The Labute approximate surface area is 124 Å². The van der Waals surface area contributed by atoms with Crippen LogP contribution < -0.4 is 5.32 Å². The highest BCUT2D eigenvalue weighted by atomic mass is 15.0. The van der Waals surface area contributed by atoms with Gasteiger partial charge < -0.3 is 5.32 Å². The molecule has 1 aromatic carbocycles. The van der Waals surface area contributed by atoms with Crippen molar-refractivity contribution in [3.63, 3.8) is 0 Å². The molecule has 0 bridgehead atoms. The van der Waals surface area contributed by atoms with E-state index in [9.17, 15) is 0 Å². The predicted octanol–water partition coefficient (Wildman–Crippen LogP) is 5.03. The molecule has 1 N–H and O–H groups in total. The summed E-state index contributed by atoms with van der Waals surface area (Å²) in [7, 11) is 0. The van der Waals surface area contributed by atoms with Crippen molar-refractivity contribution >= 4 is 0 Å². The van der Waals surface area contributed by atoms with Gasteiger partial charge in [0, 0.05) is 12.1 Å². The molecule has 2 saturated carbocycles. The molecular weight excluding hydrogens is 242 g/mol. The summed E-state index contributed by atoms with van der Waals surface area (Å²) in [5, 5.41) is 4.05. The SMILES string of the molecule is c1ccc(C2CCCCC2NC2CCCCCC2)cc1. The fourth-order valence-corrected chi connectivity index (χ4v) is 4.18. The summed E-state index contributed by atoms with van der Waals surface area (Å²) in [6.45, 7) is 0. The van der Waals surface area contributed by atoms with Crippen LogP contribution in [-0.4, -0.2) is 12.1 Å². The van der Waals surface area contributed by atoms with E-state index >= 15 is 0 Å². The van der Waals surface area contributed by atoms with E-state index in [1.807, 2.05) is 0 Å². The molecule has 20 heavy (non-hydrogen) atoms. The van der Waals surface area contributed by atoms with Crippen LogP contribution in [0.4, 0.5) is 0 Å². The quantitative estimate of drug-likeness (QED) is 0.761. The zero-order valence-electron chi connectivity index (χ0n) is 12.7. The van der Waals surface area contributed by atoms with Gasteiger partial charge in [-0.1, -0.05) is 68.9 Å². The maximum atomic E-state index is 4.05. The molecule has 0 aliphatic heterocycles. The molecule has 0 radical (unpaired) electrons. The van der Waals surface area contributed by atoms with Crippen molar-refractivity contribution < 1.29 is 0 Å². The Morgan fingerprint density at radius 1 is 0.700 bits per heavy atom. The Kier molecular flexibility index (Phi) is 5.13. The van der Waals surface area contributed by atoms with E-state index in [-0.39, 0.29) is 0 Å². The van der Waals surface area contributed by atoms with Crippen LogP contribution >= 0.6 is 0 Å². The van der Waals surface area contributed by atoms with Crippen LogP contribution in [0.25, 0.3) is 0 Å². The Balaban J connectivity index is 1.66. The van der Waals surface area contributed by atoms with Gasteiger partial charge in [0.15, 0.2) is 0 Å². The lowest BCUT2D eigenvalue weighted by molar-refractivity contribution is 0.286. The first-order valence-corrected chi connectivity index (χ1v) is 8.74. The molecule has 2 fully saturated rings. The minimum atomic E-state index is 0.717. The summed E-state index contributed by atoms with van der Waals surface area (Å²) in [6.07, 6.45) is 14.1. The number of hydrogen-bond acceptors (Lipinski definition) is 1. The van der Waals surface area contributed by atoms with E-state index in [1.54, 1.807) is 5.56 Å². The highest BCUT2D eigenvalue weighted by Gasteiger charge is 2.28. The third-order valence-corrected chi connectivity index (χ3v) is 5.30. The topological polar surface area (TPSA) is 12.0 Å². The zero-order chi connectivity index (χ0) is 13.6. The van der Waals surface area contributed by atoms with Gasteiger partial charge in [-0.3, -0.25) is 0 Å². The van der Waals surface area contributed by atoms with Crippen molar-refractivity contribution in [3.05, 3.63) is 35.9 Å². The Morgan fingerprint density at radius 2 is 1.35 bits per heavy atom. The molecule has 3 rings (SSSR count). The highest BCUT2D eigenvalue weighted by molar-refractivity contribution is 5.22. The standard InChI is InChI=1S/C19H29N/c1-2-7-13-17(12-6-1)20-19-15-9-8-14-18(19)16-10-4-3-5-11-16/h3-5,10-11,17-20H,1-2,6-9,12-15H2. The molecule has 0 aromatic heterocycles. The van der Waals surface area contributed by atoms with Crippen molar-refractivity contribution in [2.24, 2.45) is 0 Å². The van der Waals surface area contributed by atoms with E-state index in [2.05, 4.69) is 35.6 Å². The first kappa shape index (κ1) is 14.1. The van der Waals surface area contributed by atoms with Gasteiger partial charge in [-0.2, -0.15) is 0 Å². The molecule has 2 aliphatic rings. The van der Waals surface area contributed by atoms with Crippen LogP contribution in [-0.2, 0) is 0 Å². The predicted molar refractivity (Wildman–Crippen MR) is 86.1 cm³/mol.